The molecule has 0 unspecified atom stereocenters. The molecule has 0 aromatic carbocycles. The quantitative estimate of drug-likeness (QED) is 0.642. The number of ether oxygens (including phenoxy) is 1. The van der Waals surface area contributed by atoms with Crippen LogP contribution in [-0.2, 0) is 10.9 Å². The molecule has 0 aliphatic carbocycles. The molecule has 3 aromatic heterocycles. The zero-order valence-electron chi connectivity index (χ0n) is 14.4. The number of rotatable bonds is 5. The molecule has 0 saturated heterocycles. The van der Waals surface area contributed by atoms with Gasteiger partial charge in [-0.2, -0.15) is 13.2 Å². The summed E-state index contributed by atoms with van der Waals surface area (Å²) in [6, 6.07) is 5.94. The van der Waals surface area contributed by atoms with Crippen LogP contribution < -0.4 is 5.32 Å². The number of fused-ring (bicyclic) bond motifs is 1. The van der Waals surface area contributed by atoms with E-state index >= 15 is 0 Å². The summed E-state index contributed by atoms with van der Waals surface area (Å²) in [7, 11) is 0. The number of aromatic nitrogens is 3. The number of hydrogen-bond donors (Lipinski definition) is 1. The average Bonchev–Trinajstić information content (AvgIpc) is 3.06. The molecule has 0 bridgehead atoms. The van der Waals surface area contributed by atoms with Gasteiger partial charge in [0.1, 0.15) is 4.88 Å². The summed E-state index contributed by atoms with van der Waals surface area (Å²) in [6.07, 6.45) is -2.91. The summed E-state index contributed by atoms with van der Waals surface area (Å²) in [5.74, 6) is -0.774. The molecule has 0 aliphatic heterocycles. The number of nitrogens with one attached hydrogen (secondary N) is 1. The van der Waals surface area contributed by atoms with Gasteiger partial charge in [-0.15, -0.1) is 11.3 Å². The Morgan fingerprint density at radius 3 is 2.74 bits per heavy atom. The lowest BCUT2D eigenvalue weighted by atomic mass is 10.2. The van der Waals surface area contributed by atoms with Crippen molar-refractivity contribution in [3.63, 3.8) is 0 Å². The lowest BCUT2D eigenvalue weighted by molar-refractivity contribution is -0.134. The largest absolute Gasteiger partial charge is 0.461 e. The Bertz CT molecular complexity index is 960. The van der Waals surface area contributed by atoms with Crippen molar-refractivity contribution in [1.29, 1.82) is 0 Å². The molecule has 0 spiro atoms. The SMILES string of the molecule is CCOC(=O)c1nc(N[C@@H](C)c2ccccn2)nc2cc(C(F)(F)F)sc12. The summed E-state index contributed by atoms with van der Waals surface area (Å²) >= 11 is 0.418. The predicted octanol–water partition coefficient (Wildman–Crippen LogP) is 4.45. The monoisotopic (exact) mass is 396 g/mol. The highest BCUT2D eigenvalue weighted by Gasteiger charge is 2.34. The first-order valence-corrected chi connectivity index (χ1v) is 8.84. The van der Waals surface area contributed by atoms with Crippen LogP contribution in [0.15, 0.2) is 30.5 Å². The number of halogens is 3. The fourth-order valence-corrected chi connectivity index (χ4v) is 3.31. The van der Waals surface area contributed by atoms with Crippen LogP contribution in [0, 0.1) is 0 Å². The van der Waals surface area contributed by atoms with Crippen molar-refractivity contribution >= 4 is 33.5 Å². The van der Waals surface area contributed by atoms with Crippen LogP contribution in [-0.4, -0.2) is 27.5 Å². The number of anilines is 1. The van der Waals surface area contributed by atoms with Crippen molar-refractivity contribution in [2.24, 2.45) is 0 Å². The van der Waals surface area contributed by atoms with E-state index < -0.39 is 17.0 Å². The Morgan fingerprint density at radius 1 is 1.33 bits per heavy atom. The Labute approximate surface area is 156 Å². The zero-order valence-corrected chi connectivity index (χ0v) is 15.2. The van der Waals surface area contributed by atoms with Crippen molar-refractivity contribution in [2.75, 3.05) is 11.9 Å². The summed E-state index contributed by atoms with van der Waals surface area (Å²) in [4.78, 5) is 23.8. The minimum Gasteiger partial charge on any atom is -0.461 e. The van der Waals surface area contributed by atoms with Gasteiger partial charge in [-0.05, 0) is 32.0 Å². The van der Waals surface area contributed by atoms with Gasteiger partial charge >= 0.3 is 12.1 Å². The van der Waals surface area contributed by atoms with Gasteiger partial charge in [0.15, 0.2) is 5.69 Å². The summed E-state index contributed by atoms with van der Waals surface area (Å²) in [5, 5.41) is 2.97. The van der Waals surface area contributed by atoms with Gasteiger partial charge in [0, 0.05) is 6.20 Å². The average molecular weight is 396 g/mol. The number of carbonyl (C=O) groups is 1. The van der Waals surface area contributed by atoms with Crippen molar-refractivity contribution in [3.05, 3.63) is 46.7 Å². The second kappa shape index (κ2) is 7.47. The molecule has 3 rings (SSSR count). The zero-order chi connectivity index (χ0) is 19.6. The fraction of sp³-hybridized carbons (Fsp3) is 0.294. The van der Waals surface area contributed by atoms with Crippen LogP contribution >= 0.6 is 11.3 Å². The molecular weight excluding hydrogens is 381 g/mol. The van der Waals surface area contributed by atoms with Crippen molar-refractivity contribution < 1.29 is 22.7 Å². The first-order valence-electron chi connectivity index (χ1n) is 8.03. The van der Waals surface area contributed by atoms with Crippen molar-refractivity contribution in [3.8, 4) is 0 Å². The first kappa shape index (κ1) is 19.0. The molecule has 6 nitrogen and oxygen atoms in total. The highest BCUT2D eigenvalue weighted by atomic mass is 32.1. The van der Waals surface area contributed by atoms with Gasteiger partial charge in [0.05, 0.1) is 28.6 Å². The Hall–Kier alpha value is -2.75. The third kappa shape index (κ3) is 4.16. The fourth-order valence-electron chi connectivity index (χ4n) is 2.37. The van der Waals surface area contributed by atoms with Gasteiger partial charge in [0.2, 0.25) is 5.95 Å². The number of thiophene rings is 1. The molecule has 27 heavy (non-hydrogen) atoms. The standard InChI is InChI=1S/C17H15F3N4O2S/c1-3-26-15(25)13-14-11(8-12(27-14)17(18,19)20)23-16(24-13)22-9(2)10-6-4-5-7-21-10/h4-9H,3H2,1-2H3,(H,22,23,24)/t9-/m0/s1. The van der Waals surface area contributed by atoms with Crippen LogP contribution in [0.25, 0.3) is 10.2 Å². The Morgan fingerprint density at radius 2 is 2.11 bits per heavy atom. The minimum atomic E-state index is -4.54. The topological polar surface area (TPSA) is 77.0 Å². The van der Waals surface area contributed by atoms with Gasteiger partial charge in [-0.3, -0.25) is 4.98 Å². The van der Waals surface area contributed by atoms with Crippen LogP contribution in [0.2, 0.25) is 0 Å². The maximum Gasteiger partial charge on any atom is 0.425 e. The molecule has 0 saturated carbocycles. The highest BCUT2D eigenvalue weighted by molar-refractivity contribution is 7.19. The second-order valence-electron chi connectivity index (χ2n) is 5.56. The van der Waals surface area contributed by atoms with E-state index in [9.17, 15) is 18.0 Å². The van der Waals surface area contributed by atoms with Crippen molar-refractivity contribution in [2.45, 2.75) is 26.1 Å². The van der Waals surface area contributed by atoms with Gasteiger partial charge in [-0.1, -0.05) is 6.07 Å². The van der Waals surface area contributed by atoms with Crippen LogP contribution in [0.3, 0.4) is 0 Å². The number of alkyl halides is 3. The maximum absolute atomic E-state index is 13.1. The minimum absolute atomic E-state index is 0.0234. The van der Waals surface area contributed by atoms with E-state index in [0.29, 0.717) is 17.0 Å². The van der Waals surface area contributed by atoms with Crippen LogP contribution in [0.1, 0.15) is 40.9 Å². The predicted molar refractivity (Wildman–Crippen MR) is 94.6 cm³/mol. The number of nitrogens with zero attached hydrogens (tertiary/aromatic N) is 3. The Balaban J connectivity index is 2.04. The van der Waals surface area contributed by atoms with Gasteiger partial charge < -0.3 is 10.1 Å². The van der Waals surface area contributed by atoms with Gasteiger partial charge in [-0.25, -0.2) is 14.8 Å². The molecule has 0 aliphatic rings. The van der Waals surface area contributed by atoms with E-state index in [4.69, 9.17) is 4.74 Å². The van der Waals surface area contributed by atoms with E-state index in [1.165, 1.54) is 0 Å². The molecule has 3 heterocycles. The second-order valence-corrected chi connectivity index (χ2v) is 6.61. The van der Waals surface area contributed by atoms with E-state index in [-0.39, 0.29) is 34.5 Å². The maximum atomic E-state index is 13.1. The lowest BCUT2D eigenvalue weighted by Crippen LogP contribution is -2.14. The number of esters is 1. The summed E-state index contributed by atoms with van der Waals surface area (Å²) < 4.78 is 44.2. The van der Waals surface area contributed by atoms with Gasteiger partial charge in [0.25, 0.3) is 0 Å². The first-order chi connectivity index (χ1) is 12.8. The molecule has 142 valence electrons. The van der Waals surface area contributed by atoms with E-state index in [0.717, 1.165) is 6.07 Å². The smallest absolute Gasteiger partial charge is 0.425 e. The molecule has 0 radical (unpaired) electrons. The van der Waals surface area contributed by atoms with E-state index in [1.54, 1.807) is 32.2 Å². The van der Waals surface area contributed by atoms with E-state index in [2.05, 4.69) is 20.3 Å². The van der Waals surface area contributed by atoms with Crippen LogP contribution in [0.4, 0.5) is 19.1 Å². The number of pyridine rings is 1. The molecule has 3 aromatic rings. The molecule has 10 heteroatoms. The highest BCUT2D eigenvalue weighted by Crippen LogP contribution is 2.39. The number of carbonyl (C=O) groups excluding carboxylic acids is 1. The number of hydrogen-bond acceptors (Lipinski definition) is 7. The molecule has 0 amide bonds. The lowest BCUT2D eigenvalue weighted by Gasteiger charge is -2.14. The molecule has 0 fully saturated rings. The molecule has 1 atom stereocenters. The normalized spacial score (nSPS) is 12.8. The molecular formula is C17H15F3N4O2S. The van der Waals surface area contributed by atoms with Crippen molar-refractivity contribution in [1.82, 2.24) is 15.0 Å². The third-order valence-corrected chi connectivity index (χ3v) is 4.77. The van der Waals surface area contributed by atoms with Crippen LogP contribution in [0.5, 0.6) is 0 Å². The summed E-state index contributed by atoms with van der Waals surface area (Å²) in [6.45, 7) is 3.48. The molecule has 1 N–H and O–H groups in total. The van der Waals surface area contributed by atoms with E-state index in [1.807, 2.05) is 6.07 Å². The Kier molecular flexibility index (Phi) is 5.26. The third-order valence-electron chi connectivity index (χ3n) is 3.60. The summed E-state index contributed by atoms with van der Waals surface area (Å²) in [5.41, 5.74) is 0.527.